The number of hydrogen-bond acceptors (Lipinski definition) is 1. The SMILES string of the molecule is CCCCCCCC[N+](C)(C)C1CC(C(C)C)CCC1(C)O. The maximum atomic E-state index is 10.9. The van der Waals surface area contributed by atoms with Gasteiger partial charge in [-0.15, -0.1) is 0 Å². The van der Waals surface area contributed by atoms with Crippen LogP contribution in [0.15, 0.2) is 0 Å². The number of unbranched alkanes of at least 4 members (excludes halogenated alkanes) is 5. The summed E-state index contributed by atoms with van der Waals surface area (Å²) in [7, 11) is 4.68. The van der Waals surface area contributed by atoms with Crippen molar-refractivity contribution in [2.75, 3.05) is 20.6 Å². The van der Waals surface area contributed by atoms with E-state index in [2.05, 4.69) is 41.8 Å². The molecule has 2 nitrogen and oxygen atoms in total. The van der Waals surface area contributed by atoms with E-state index < -0.39 is 5.60 Å². The standard InChI is InChI=1S/C20H42NO/c1-7-8-9-10-11-12-15-21(5,6)19-16-18(17(2)3)13-14-20(19,4)22/h17-19,22H,7-16H2,1-6H3/q+1. The van der Waals surface area contributed by atoms with E-state index in [1.165, 1.54) is 57.9 Å². The normalized spacial score (nSPS) is 30.0. The van der Waals surface area contributed by atoms with E-state index in [9.17, 15) is 5.11 Å². The van der Waals surface area contributed by atoms with Gasteiger partial charge in [0, 0.05) is 6.42 Å². The molecular weight excluding hydrogens is 270 g/mol. The lowest BCUT2D eigenvalue weighted by Gasteiger charge is -2.50. The molecule has 0 aromatic heterocycles. The van der Waals surface area contributed by atoms with Gasteiger partial charge >= 0.3 is 0 Å². The Morgan fingerprint density at radius 2 is 1.68 bits per heavy atom. The fourth-order valence-corrected chi connectivity index (χ4v) is 4.40. The zero-order chi connectivity index (χ0) is 16.8. The van der Waals surface area contributed by atoms with Gasteiger partial charge in [-0.25, -0.2) is 0 Å². The highest BCUT2D eigenvalue weighted by Gasteiger charge is 2.47. The minimum Gasteiger partial charge on any atom is -0.384 e. The topological polar surface area (TPSA) is 20.2 Å². The van der Waals surface area contributed by atoms with E-state index in [-0.39, 0.29) is 0 Å². The van der Waals surface area contributed by atoms with Crippen molar-refractivity contribution in [3.63, 3.8) is 0 Å². The molecule has 2 heteroatoms. The quantitative estimate of drug-likeness (QED) is 0.469. The summed E-state index contributed by atoms with van der Waals surface area (Å²) in [5.74, 6) is 1.53. The molecule has 1 aliphatic rings. The summed E-state index contributed by atoms with van der Waals surface area (Å²) in [6.45, 7) is 10.2. The maximum Gasteiger partial charge on any atom is 0.118 e. The molecule has 132 valence electrons. The molecule has 0 aromatic carbocycles. The summed E-state index contributed by atoms with van der Waals surface area (Å²) in [5, 5.41) is 10.9. The van der Waals surface area contributed by atoms with Crippen LogP contribution in [0.1, 0.15) is 85.5 Å². The average molecular weight is 313 g/mol. The molecule has 3 atom stereocenters. The molecule has 3 unspecified atom stereocenters. The Morgan fingerprint density at radius 1 is 1.09 bits per heavy atom. The first-order valence-corrected chi connectivity index (χ1v) is 9.75. The number of aliphatic hydroxyl groups is 1. The number of hydrogen-bond donors (Lipinski definition) is 1. The summed E-state index contributed by atoms with van der Waals surface area (Å²) in [4.78, 5) is 0. The van der Waals surface area contributed by atoms with Crippen LogP contribution in [-0.2, 0) is 0 Å². The summed E-state index contributed by atoms with van der Waals surface area (Å²) in [6.07, 6.45) is 11.5. The van der Waals surface area contributed by atoms with E-state index in [0.29, 0.717) is 6.04 Å². The summed E-state index contributed by atoms with van der Waals surface area (Å²) >= 11 is 0. The van der Waals surface area contributed by atoms with Crippen molar-refractivity contribution in [3.05, 3.63) is 0 Å². The van der Waals surface area contributed by atoms with Crippen molar-refractivity contribution in [2.24, 2.45) is 11.8 Å². The van der Waals surface area contributed by atoms with E-state index in [4.69, 9.17) is 0 Å². The highest BCUT2D eigenvalue weighted by molar-refractivity contribution is 4.91. The molecule has 1 saturated carbocycles. The van der Waals surface area contributed by atoms with E-state index in [1.807, 2.05) is 0 Å². The van der Waals surface area contributed by atoms with E-state index in [1.54, 1.807) is 0 Å². The first-order chi connectivity index (χ1) is 10.2. The van der Waals surface area contributed by atoms with Crippen molar-refractivity contribution in [2.45, 2.75) is 97.1 Å². The van der Waals surface area contributed by atoms with Gasteiger partial charge in [-0.2, -0.15) is 0 Å². The molecule has 0 saturated heterocycles. The average Bonchev–Trinajstić information content (AvgIpc) is 2.41. The molecular formula is C20H42NO+. The van der Waals surface area contributed by atoms with Gasteiger partial charge in [0.05, 0.1) is 20.6 Å². The van der Waals surface area contributed by atoms with Crippen LogP contribution < -0.4 is 0 Å². The lowest BCUT2D eigenvalue weighted by molar-refractivity contribution is -0.924. The highest BCUT2D eigenvalue weighted by Crippen LogP contribution is 2.40. The molecule has 22 heavy (non-hydrogen) atoms. The molecule has 0 heterocycles. The third-order valence-electron chi connectivity index (χ3n) is 6.14. The minimum atomic E-state index is -0.489. The second-order valence-electron chi connectivity index (χ2n) is 8.92. The van der Waals surface area contributed by atoms with Crippen molar-refractivity contribution in [1.82, 2.24) is 0 Å². The number of quaternary nitrogens is 1. The summed E-state index contributed by atoms with van der Waals surface area (Å²) < 4.78 is 0.990. The van der Waals surface area contributed by atoms with Crippen molar-refractivity contribution in [3.8, 4) is 0 Å². The maximum absolute atomic E-state index is 10.9. The molecule has 0 bridgehead atoms. The fraction of sp³-hybridized carbons (Fsp3) is 1.00. The zero-order valence-electron chi connectivity index (χ0n) is 16.2. The Morgan fingerprint density at radius 3 is 2.27 bits per heavy atom. The largest absolute Gasteiger partial charge is 0.384 e. The molecule has 0 aromatic rings. The number of rotatable bonds is 9. The molecule has 1 aliphatic carbocycles. The second kappa shape index (κ2) is 8.68. The van der Waals surface area contributed by atoms with Crippen molar-refractivity contribution >= 4 is 0 Å². The minimum absolute atomic E-state index is 0.393. The lowest BCUT2D eigenvalue weighted by Crippen LogP contribution is -2.62. The van der Waals surface area contributed by atoms with Gasteiger partial charge < -0.3 is 9.59 Å². The molecule has 0 aliphatic heterocycles. The Kier molecular flexibility index (Phi) is 7.88. The van der Waals surface area contributed by atoms with Gasteiger partial charge in [0.25, 0.3) is 0 Å². The van der Waals surface area contributed by atoms with Crippen LogP contribution in [0.2, 0.25) is 0 Å². The zero-order valence-corrected chi connectivity index (χ0v) is 16.2. The van der Waals surface area contributed by atoms with E-state index in [0.717, 1.165) is 22.7 Å². The van der Waals surface area contributed by atoms with Crippen molar-refractivity contribution in [1.29, 1.82) is 0 Å². The van der Waals surface area contributed by atoms with Gasteiger partial charge in [0.15, 0.2) is 0 Å². The van der Waals surface area contributed by atoms with Gasteiger partial charge in [-0.05, 0) is 44.4 Å². The molecule has 1 N–H and O–H groups in total. The number of likely N-dealkylation sites (N-methyl/N-ethyl adjacent to an activating group) is 1. The Bertz CT molecular complexity index is 309. The molecule has 0 spiro atoms. The van der Waals surface area contributed by atoms with E-state index >= 15 is 0 Å². The summed E-state index contributed by atoms with van der Waals surface area (Å²) in [6, 6.07) is 0.393. The lowest BCUT2D eigenvalue weighted by atomic mass is 9.71. The van der Waals surface area contributed by atoms with Crippen LogP contribution in [-0.4, -0.2) is 41.9 Å². The van der Waals surface area contributed by atoms with Gasteiger partial charge in [-0.1, -0.05) is 46.5 Å². The highest BCUT2D eigenvalue weighted by atomic mass is 16.3. The van der Waals surface area contributed by atoms with Gasteiger partial charge in [0.2, 0.25) is 0 Å². The van der Waals surface area contributed by atoms with Crippen LogP contribution >= 0.6 is 0 Å². The predicted molar refractivity (Wildman–Crippen MR) is 96.9 cm³/mol. The second-order valence-corrected chi connectivity index (χ2v) is 8.92. The predicted octanol–water partition coefficient (Wildman–Crippen LogP) is 5.00. The van der Waals surface area contributed by atoms with Crippen LogP contribution in [0, 0.1) is 11.8 Å². The smallest absolute Gasteiger partial charge is 0.118 e. The third kappa shape index (κ3) is 5.85. The van der Waals surface area contributed by atoms with Crippen LogP contribution in [0.3, 0.4) is 0 Å². The first kappa shape index (κ1) is 20.0. The number of nitrogens with zero attached hydrogens (tertiary/aromatic N) is 1. The van der Waals surface area contributed by atoms with Crippen LogP contribution in [0.4, 0.5) is 0 Å². The van der Waals surface area contributed by atoms with Crippen LogP contribution in [0.5, 0.6) is 0 Å². The Hall–Kier alpha value is -0.0800. The first-order valence-electron chi connectivity index (χ1n) is 9.75. The van der Waals surface area contributed by atoms with Crippen LogP contribution in [0.25, 0.3) is 0 Å². The summed E-state index contributed by atoms with van der Waals surface area (Å²) in [5.41, 5.74) is -0.489. The molecule has 0 amide bonds. The molecule has 1 fully saturated rings. The monoisotopic (exact) mass is 312 g/mol. The Balaban J connectivity index is 2.52. The van der Waals surface area contributed by atoms with Crippen molar-refractivity contribution < 1.29 is 9.59 Å². The Labute approximate surface area is 139 Å². The fourth-order valence-electron chi connectivity index (χ4n) is 4.40. The van der Waals surface area contributed by atoms with Gasteiger partial charge in [0.1, 0.15) is 11.6 Å². The van der Waals surface area contributed by atoms with Gasteiger partial charge in [-0.3, -0.25) is 0 Å². The molecule has 1 rings (SSSR count). The third-order valence-corrected chi connectivity index (χ3v) is 6.14. The molecule has 0 radical (unpaired) electrons.